The molecule has 88 valence electrons. The van der Waals surface area contributed by atoms with Crippen molar-refractivity contribution in [3.8, 4) is 0 Å². The van der Waals surface area contributed by atoms with Crippen LogP contribution in [0.4, 0.5) is 28.9 Å². The number of anilines is 1. The van der Waals surface area contributed by atoms with Gasteiger partial charge in [0.25, 0.3) is 5.69 Å². The predicted octanol–water partition coefficient (Wildman–Crippen LogP) is 2.64. The lowest BCUT2D eigenvalue weighted by molar-refractivity contribution is -0.384. The van der Waals surface area contributed by atoms with Crippen LogP contribution >= 0.6 is 0 Å². The van der Waals surface area contributed by atoms with Gasteiger partial charge >= 0.3 is 6.18 Å². The Hall–Kier alpha value is -1.86. The first-order valence-corrected chi connectivity index (χ1v) is 3.96. The van der Waals surface area contributed by atoms with E-state index in [0.29, 0.717) is 6.07 Å². The van der Waals surface area contributed by atoms with Crippen molar-refractivity contribution in [1.29, 1.82) is 0 Å². The Morgan fingerprint density at radius 3 is 2.31 bits per heavy atom. The second-order valence-electron chi connectivity index (χ2n) is 3.07. The van der Waals surface area contributed by atoms with Gasteiger partial charge in [0.15, 0.2) is 0 Å². The van der Waals surface area contributed by atoms with E-state index in [1.54, 1.807) is 0 Å². The van der Waals surface area contributed by atoms with E-state index in [-0.39, 0.29) is 0 Å². The van der Waals surface area contributed by atoms with Crippen LogP contribution in [0.3, 0.4) is 0 Å². The fraction of sp³-hybridized carbons (Fsp3) is 0.250. The highest BCUT2D eigenvalue weighted by Gasteiger charge is 2.40. The lowest BCUT2D eigenvalue weighted by Crippen LogP contribution is -2.14. The number of aryl methyl sites for hydroxylation is 1. The SMILES string of the molecule is Cc1cc([N+](=O)[O-])c(N)c(C(F)(F)F)c1F. The molecule has 0 atom stereocenters. The lowest BCUT2D eigenvalue weighted by Gasteiger charge is -2.12. The molecule has 0 radical (unpaired) electrons. The minimum Gasteiger partial charge on any atom is -0.393 e. The van der Waals surface area contributed by atoms with Crippen LogP contribution in [0.5, 0.6) is 0 Å². The van der Waals surface area contributed by atoms with E-state index in [1.165, 1.54) is 0 Å². The summed E-state index contributed by atoms with van der Waals surface area (Å²) >= 11 is 0. The average Bonchev–Trinajstić information content (AvgIpc) is 2.08. The van der Waals surface area contributed by atoms with Gasteiger partial charge in [-0.15, -0.1) is 0 Å². The molecular formula is C8H6F4N2O2. The first kappa shape index (κ1) is 12.2. The number of hydrogen-bond acceptors (Lipinski definition) is 3. The molecular weight excluding hydrogens is 232 g/mol. The molecule has 0 bridgehead atoms. The molecule has 0 aliphatic rings. The summed E-state index contributed by atoms with van der Waals surface area (Å²) in [6.07, 6.45) is -5.06. The maximum atomic E-state index is 13.2. The minimum absolute atomic E-state index is 0.478. The van der Waals surface area contributed by atoms with E-state index < -0.39 is 39.4 Å². The molecule has 16 heavy (non-hydrogen) atoms. The Morgan fingerprint density at radius 2 is 1.94 bits per heavy atom. The predicted molar refractivity (Wildman–Crippen MR) is 47.2 cm³/mol. The highest BCUT2D eigenvalue weighted by molar-refractivity contribution is 5.66. The molecule has 2 N–H and O–H groups in total. The smallest absolute Gasteiger partial charge is 0.393 e. The zero-order valence-electron chi connectivity index (χ0n) is 7.93. The summed E-state index contributed by atoms with van der Waals surface area (Å²) in [5.41, 5.74) is 0.507. The van der Waals surface area contributed by atoms with Crippen molar-refractivity contribution in [2.24, 2.45) is 0 Å². The molecule has 0 amide bonds. The number of nitro benzene ring substituents is 1. The van der Waals surface area contributed by atoms with Gasteiger partial charge < -0.3 is 5.73 Å². The van der Waals surface area contributed by atoms with Crippen LogP contribution in [-0.2, 0) is 6.18 Å². The van der Waals surface area contributed by atoms with Crippen LogP contribution < -0.4 is 5.73 Å². The van der Waals surface area contributed by atoms with E-state index in [0.717, 1.165) is 6.92 Å². The standard InChI is InChI=1S/C8H6F4N2O2/c1-3-2-4(14(15)16)7(13)5(6(3)9)8(10,11)12/h2H,13H2,1H3. The summed E-state index contributed by atoms with van der Waals surface area (Å²) in [5.74, 6) is -1.59. The van der Waals surface area contributed by atoms with Gasteiger partial charge in [0.2, 0.25) is 0 Å². The quantitative estimate of drug-likeness (QED) is 0.354. The van der Waals surface area contributed by atoms with Crippen LogP contribution in [0, 0.1) is 22.9 Å². The Morgan fingerprint density at radius 1 is 1.44 bits per heavy atom. The third kappa shape index (κ3) is 1.90. The molecule has 1 aromatic carbocycles. The average molecular weight is 238 g/mol. The molecule has 0 aliphatic heterocycles. The number of benzene rings is 1. The van der Waals surface area contributed by atoms with Crippen molar-refractivity contribution in [3.63, 3.8) is 0 Å². The molecule has 0 saturated carbocycles. The zero-order valence-corrected chi connectivity index (χ0v) is 7.93. The van der Waals surface area contributed by atoms with Crippen molar-refractivity contribution in [3.05, 3.63) is 33.1 Å². The molecule has 0 fully saturated rings. The van der Waals surface area contributed by atoms with Gasteiger partial charge in [-0.1, -0.05) is 0 Å². The number of nitrogen functional groups attached to an aromatic ring is 1. The topological polar surface area (TPSA) is 69.2 Å². The van der Waals surface area contributed by atoms with Gasteiger partial charge in [-0.25, -0.2) is 4.39 Å². The molecule has 0 aliphatic carbocycles. The second kappa shape index (κ2) is 3.62. The maximum Gasteiger partial charge on any atom is 0.421 e. The maximum absolute atomic E-state index is 13.2. The minimum atomic E-state index is -5.06. The Labute approximate surface area is 86.8 Å². The number of hydrogen-bond donors (Lipinski definition) is 1. The van der Waals surface area contributed by atoms with Crippen LogP contribution in [-0.4, -0.2) is 4.92 Å². The normalized spacial score (nSPS) is 11.6. The third-order valence-electron chi connectivity index (χ3n) is 1.94. The van der Waals surface area contributed by atoms with Gasteiger partial charge in [0.05, 0.1) is 4.92 Å². The van der Waals surface area contributed by atoms with E-state index in [2.05, 4.69) is 0 Å². The van der Waals surface area contributed by atoms with Crippen molar-refractivity contribution in [2.75, 3.05) is 5.73 Å². The molecule has 0 unspecified atom stereocenters. The van der Waals surface area contributed by atoms with Crippen LogP contribution in [0.25, 0.3) is 0 Å². The summed E-state index contributed by atoms with van der Waals surface area (Å²) in [6, 6.07) is 0.667. The molecule has 0 saturated heterocycles. The largest absolute Gasteiger partial charge is 0.421 e. The number of nitrogens with two attached hydrogens (primary N) is 1. The summed E-state index contributed by atoms with van der Waals surface area (Å²) in [6.45, 7) is 0.997. The summed E-state index contributed by atoms with van der Waals surface area (Å²) in [7, 11) is 0. The molecule has 8 heteroatoms. The molecule has 0 heterocycles. The van der Waals surface area contributed by atoms with Gasteiger partial charge in [-0.05, 0) is 12.5 Å². The summed E-state index contributed by atoms with van der Waals surface area (Å²) < 4.78 is 50.4. The fourth-order valence-electron chi connectivity index (χ4n) is 1.22. The number of alkyl halides is 3. The van der Waals surface area contributed by atoms with Gasteiger partial charge in [0, 0.05) is 6.07 Å². The van der Waals surface area contributed by atoms with Crippen molar-refractivity contribution in [1.82, 2.24) is 0 Å². The Bertz CT molecular complexity index is 456. The number of rotatable bonds is 1. The van der Waals surface area contributed by atoms with E-state index in [9.17, 15) is 27.7 Å². The van der Waals surface area contributed by atoms with Gasteiger partial charge in [0.1, 0.15) is 17.1 Å². The number of halogens is 4. The monoisotopic (exact) mass is 238 g/mol. The molecule has 0 aromatic heterocycles. The number of nitro groups is 1. The van der Waals surface area contributed by atoms with Crippen LogP contribution in [0.2, 0.25) is 0 Å². The third-order valence-corrected chi connectivity index (χ3v) is 1.94. The van der Waals surface area contributed by atoms with Gasteiger partial charge in [-0.3, -0.25) is 10.1 Å². The molecule has 0 spiro atoms. The van der Waals surface area contributed by atoms with Crippen molar-refractivity contribution >= 4 is 11.4 Å². The molecule has 4 nitrogen and oxygen atoms in total. The zero-order chi connectivity index (χ0) is 12.7. The lowest BCUT2D eigenvalue weighted by atomic mass is 10.1. The summed E-state index contributed by atoms with van der Waals surface area (Å²) in [5, 5.41) is 10.4. The van der Waals surface area contributed by atoms with E-state index in [1.807, 2.05) is 0 Å². The van der Waals surface area contributed by atoms with Crippen LogP contribution in [0.1, 0.15) is 11.1 Å². The van der Waals surface area contributed by atoms with Gasteiger partial charge in [-0.2, -0.15) is 13.2 Å². The van der Waals surface area contributed by atoms with Crippen LogP contribution in [0.15, 0.2) is 6.07 Å². The Kier molecular flexibility index (Phi) is 2.76. The molecule has 1 aromatic rings. The Balaban J connectivity index is 3.66. The second-order valence-corrected chi connectivity index (χ2v) is 3.07. The number of nitrogens with zero attached hydrogens (tertiary/aromatic N) is 1. The molecule has 1 rings (SSSR count). The first-order chi connectivity index (χ1) is 7.16. The van der Waals surface area contributed by atoms with E-state index in [4.69, 9.17) is 5.73 Å². The first-order valence-electron chi connectivity index (χ1n) is 3.96. The van der Waals surface area contributed by atoms with Crippen molar-refractivity contribution in [2.45, 2.75) is 13.1 Å². The van der Waals surface area contributed by atoms with E-state index >= 15 is 0 Å². The summed E-state index contributed by atoms with van der Waals surface area (Å²) in [4.78, 5) is 9.31. The highest BCUT2D eigenvalue weighted by atomic mass is 19.4. The highest BCUT2D eigenvalue weighted by Crippen LogP contribution is 2.40. The van der Waals surface area contributed by atoms with Crippen molar-refractivity contribution < 1.29 is 22.5 Å². The fourth-order valence-corrected chi connectivity index (χ4v) is 1.22.